The summed E-state index contributed by atoms with van der Waals surface area (Å²) in [6.07, 6.45) is 4.54. The van der Waals surface area contributed by atoms with E-state index in [0.717, 1.165) is 5.82 Å². The van der Waals surface area contributed by atoms with Gasteiger partial charge in [-0.1, -0.05) is 0 Å². The first-order valence-corrected chi connectivity index (χ1v) is 5.73. The Bertz CT molecular complexity index is 538. The van der Waals surface area contributed by atoms with Crippen LogP contribution in [0.3, 0.4) is 0 Å². The number of nitrogens with one attached hydrogen (secondary N) is 1. The lowest BCUT2D eigenvalue weighted by Gasteiger charge is -2.11. The molecule has 0 spiro atoms. The second-order valence-corrected chi connectivity index (χ2v) is 4.10. The highest BCUT2D eigenvalue weighted by molar-refractivity contribution is 5.75. The minimum Gasteiger partial charge on any atom is -0.363 e. The van der Waals surface area contributed by atoms with Crippen molar-refractivity contribution in [3.05, 3.63) is 30.7 Å². The number of carbonyl (C=O) groups excluding carboxylic acids is 1. The summed E-state index contributed by atoms with van der Waals surface area (Å²) >= 11 is 0. The lowest BCUT2D eigenvalue weighted by Crippen LogP contribution is -2.28. The number of anilines is 1. The lowest BCUT2D eigenvalue weighted by atomic mass is 10.4. The average Bonchev–Trinajstić information content (AvgIpc) is 2.89. The first kappa shape index (κ1) is 12.9. The summed E-state index contributed by atoms with van der Waals surface area (Å²) in [6, 6.07) is 1.81. The van der Waals surface area contributed by atoms with Gasteiger partial charge in [-0.05, 0) is 6.07 Å². The first-order valence-electron chi connectivity index (χ1n) is 5.73. The Balaban J connectivity index is 1.88. The predicted molar refractivity (Wildman–Crippen MR) is 68.2 cm³/mol. The zero-order valence-electron chi connectivity index (χ0n) is 10.8. The van der Waals surface area contributed by atoms with Crippen molar-refractivity contribution in [2.75, 3.05) is 19.0 Å². The summed E-state index contributed by atoms with van der Waals surface area (Å²) < 4.78 is 1.45. The molecular weight excluding hydrogens is 246 g/mol. The molecule has 2 aromatic heterocycles. The van der Waals surface area contributed by atoms with Gasteiger partial charge in [-0.15, -0.1) is 0 Å². The number of carbonyl (C=O) groups is 1. The molecule has 0 aliphatic rings. The number of amides is 1. The third-order valence-corrected chi connectivity index (χ3v) is 2.36. The van der Waals surface area contributed by atoms with Gasteiger partial charge in [-0.25, -0.2) is 19.6 Å². The monoisotopic (exact) mass is 261 g/mol. The highest BCUT2D eigenvalue weighted by atomic mass is 16.2. The Morgan fingerprint density at radius 2 is 2.32 bits per heavy atom. The van der Waals surface area contributed by atoms with Gasteiger partial charge in [-0.2, -0.15) is 5.10 Å². The SMILES string of the molecule is CN(C)c1ccnc(CNC(=O)Cn2cncn2)n1. The molecule has 0 fully saturated rings. The van der Waals surface area contributed by atoms with Crippen molar-refractivity contribution in [3.63, 3.8) is 0 Å². The van der Waals surface area contributed by atoms with Crippen molar-refractivity contribution in [1.29, 1.82) is 0 Å². The molecule has 0 bridgehead atoms. The molecule has 0 aromatic carbocycles. The maximum Gasteiger partial charge on any atom is 0.242 e. The Labute approximate surface area is 110 Å². The normalized spacial score (nSPS) is 10.2. The number of hydrogen-bond donors (Lipinski definition) is 1. The Kier molecular flexibility index (Phi) is 4.01. The van der Waals surface area contributed by atoms with Gasteiger partial charge in [-0.3, -0.25) is 4.79 Å². The van der Waals surface area contributed by atoms with E-state index in [2.05, 4.69) is 25.4 Å². The summed E-state index contributed by atoms with van der Waals surface area (Å²) in [7, 11) is 3.80. The van der Waals surface area contributed by atoms with Crippen LogP contribution in [0.1, 0.15) is 5.82 Å². The van der Waals surface area contributed by atoms with E-state index in [9.17, 15) is 4.79 Å². The van der Waals surface area contributed by atoms with Crippen LogP contribution >= 0.6 is 0 Å². The van der Waals surface area contributed by atoms with Crippen LogP contribution in [-0.4, -0.2) is 44.7 Å². The zero-order valence-corrected chi connectivity index (χ0v) is 10.8. The predicted octanol–water partition coefficient (Wildman–Crippen LogP) is -0.549. The molecule has 0 saturated heterocycles. The van der Waals surface area contributed by atoms with Crippen LogP contribution in [0.2, 0.25) is 0 Å². The van der Waals surface area contributed by atoms with Crippen molar-refractivity contribution in [2.45, 2.75) is 13.1 Å². The van der Waals surface area contributed by atoms with E-state index in [4.69, 9.17) is 0 Å². The van der Waals surface area contributed by atoms with Gasteiger partial charge in [0.25, 0.3) is 0 Å². The fraction of sp³-hybridized carbons (Fsp3) is 0.364. The van der Waals surface area contributed by atoms with Gasteiger partial charge in [0.05, 0.1) is 6.54 Å². The van der Waals surface area contributed by atoms with Gasteiger partial charge in [0.15, 0.2) is 0 Å². The zero-order chi connectivity index (χ0) is 13.7. The first-order chi connectivity index (χ1) is 9.15. The van der Waals surface area contributed by atoms with Gasteiger partial charge >= 0.3 is 0 Å². The molecule has 0 saturated carbocycles. The third-order valence-electron chi connectivity index (χ3n) is 2.36. The molecule has 0 aliphatic carbocycles. The number of rotatable bonds is 5. The molecule has 0 atom stereocenters. The summed E-state index contributed by atoms with van der Waals surface area (Å²) in [5.74, 6) is 1.21. The third kappa shape index (κ3) is 3.73. The van der Waals surface area contributed by atoms with E-state index < -0.39 is 0 Å². The molecule has 1 amide bonds. The van der Waals surface area contributed by atoms with Gasteiger partial charge < -0.3 is 10.2 Å². The van der Waals surface area contributed by atoms with Crippen LogP contribution in [-0.2, 0) is 17.9 Å². The maximum atomic E-state index is 11.6. The highest BCUT2D eigenvalue weighted by Gasteiger charge is 2.05. The number of aromatic nitrogens is 5. The second-order valence-electron chi connectivity index (χ2n) is 4.10. The van der Waals surface area contributed by atoms with E-state index in [1.54, 1.807) is 12.3 Å². The van der Waals surface area contributed by atoms with Crippen molar-refractivity contribution >= 4 is 11.7 Å². The van der Waals surface area contributed by atoms with Crippen LogP contribution in [0, 0.1) is 0 Å². The van der Waals surface area contributed by atoms with E-state index in [0.29, 0.717) is 5.82 Å². The molecular formula is C11H15N7O. The maximum absolute atomic E-state index is 11.6. The van der Waals surface area contributed by atoms with E-state index in [-0.39, 0.29) is 19.0 Å². The fourth-order valence-corrected chi connectivity index (χ4v) is 1.42. The average molecular weight is 261 g/mol. The molecule has 2 aromatic rings. The van der Waals surface area contributed by atoms with E-state index in [1.165, 1.54) is 17.3 Å². The molecule has 8 heteroatoms. The second kappa shape index (κ2) is 5.89. The topological polar surface area (TPSA) is 88.8 Å². The minimum atomic E-state index is -0.163. The summed E-state index contributed by atoms with van der Waals surface area (Å²) in [4.78, 5) is 25.7. The highest BCUT2D eigenvalue weighted by Crippen LogP contribution is 2.04. The van der Waals surface area contributed by atoms with Crippen molar-refractivity contribution in [3.8, 4) is 0 Å². The van der Waals surface area contributed by atoms with Crippen molar-refractivity contribution in [2.24, 2.45) is 0 Å². The van der Waals surface area contributed by atoms with E-state index in [1.807, 2.05) is 19.0 Å². The van der Waals surface area contributed by atoms with Crippen LogP contribution in [0.5, 0.6) is 0 Å². The van der Waals surface area contributed by atoms with Crippen LogP contribution in [0.4, 0.5) is 5.82 Å². The number of hydrogen-bond acceptors (Lipinski definition) is 6. The van der Waals surface area contributed by atoms with Gasteiger partial charge in [0, 0.05) is 20.3 Å². The molecule has 0 unspecified atom stereocenters. The molecule has 19 heavy (non-hydrogen) atoms. The molecule has 8 nitrogen and oxygen atoms in total. The Hall–Kier alpha value is -2.51. The number of nitrogens with zero attached hydrogens (tertiary/aromatic N) is 6. The van der Waals surface area contributed by atoms with Crippen LogP contribution < -0.4 is 10.2 Å². The summed E-state index contributed by atoms with van der Waals surface area (Å²) in [6.45, 7) is 0.419. The molecule has 100 valence electrons. The fourth-order valence-electron chi connectivity index (χ4n) is 1.42. The molecule has 2 heterocycles. The molecule has 1 N–H and O–H groups in total. The smallest absolute Gasteiger partial charge is 0.242 e. The molecule has 0 radical (unpaired) electrons. The molecule has 2 rings (SSSR count). The summed E-state index contributed by atoms with van der Waals surface area (Å²) in [5, 5.41) is 6.59. The minimum absolute atomic E-state index is 0.132. The van der Waals surface area contributed by atoms with Crippen molar-refractivity contribution < 1.29 is 4.79 Å². The lowest BCUT2D eigenvalue weighted by molar-refractivity contribution is -0.122. The quantitative estimate of drug-likeness (QED) is 0.777. The Morgan fingerprint density at radius 1 is 1.47 bits per heavy atom. The van der Waals surface area contributed by atoms with Crippen LogP contribution in [0.25, 0.3) is 0 Å². The van der Waals surface area contributed by atoms with Gasteiger partial charge in [0.2, 0.25) is 5.91 Å². The van der Waals surface area contributed by atoms with E-state index >= 15 is 0 Å². The largest absolute Gasteiger partial charge is 0.363 e. The molecule has 0 aliphatic heterocycles. The van der Waals surface area contributed by atoms with Crippen LogP contribution in [0.15, 0.2) is 24.9 Å². The Morgan fingerprint density at radius 3 is 3.00 bits per heavy atom. The van der Waals surface area contributed by atoms with Gasteiger partial charge in [0.1, 0.15) is 30.8 Å². The standard InChI is InChI=1S/C11H15N7O/c1-17(2)10-3-4-13-9(16-10)5-14-11(19)6-18-8-12-7-15-18/h3-4,7-8H,5-6H2,1-2H3,(H,14,19). The summed E-state index contributed by atoms with van der Waals surface area (Å²) in [5.41, 5.74) is 0. The van der Waals surface area contributed by atoms with Crippen molar-refractivity contribution in [1.82, 2.24) is 30.0 Å².